The summed E-state index contributed by atoms with van der Waals surface area (Å²) < 4.78 is 5.39. The van der Waals surface area contributed by atoms with Crippen LogP contribution in [0, 0.1) is 5.92 Å². The molecule has 1 aliphatic carbocycles. The van der Waals surface area contributed by atoms with Gasteiger partial charge in [0.25, 0.3) is 0 Å². The zero-order valence-electron chi connectivity index (χ0n) is 11.1. The molecule has 1 aromatic carbocycles. The molecule has 2 rings (SSSR count). The average molecular weight is 248 g/mol. The number of hydrogen-bond acceptors (Lipinski definition) is 3. The van der Waals surface area contributed by atoms with E-state index in [2.05, 4.69) is 0 Å². The van der Waals surface area contributed by atoms with E-state index in [4.69, 9.17) is 4.74 Å². The highest BCUT2D eigenvalue weighted by molar-refractivity contribution is 5.78. The van der Waals surface area contributed by atoms with Gasteiger partial charge in [0.15, 0.2) is 0 Å². The van der Waals surface area contributed by atoms with Crippen molar-refractivity contribution < 1.29 is 14.6 Å². The van der Waals surface area contributed by atoms with Crippen molar-refractivity contribution in [3.8, 4) is 0 Å². The van der Waals surface area contributed by atoms with E-state index >= 15 is 0 Å². The van der Waals surface area contributed by atoms with Gasteiger partial charge in [-0.3, -0.25) is 4.79 Å². The molecule has 0 amide bonds. The van der Waals surface area contributed by atoms with Gasteiger partial charge in [-0.1, -0.05) is 24.3 Å². The summed E-state index contributed by atoms with van der Waals surface area (Å²) in [7, 11) is 0. The summed E-state index contributed by atoms with van der Waals surface area (Å²) in [6.07, 6.45) is 0.825. The fourth-order valence-corrected chi connectivity index (χ4v) is 2.22. The summed E-state index contributed by atoms with van der Waals surface area (Å²) in [6.45, 7) is 5.66. The van der Waals surface area contributed by atoms with E-state index in [9.17, 15) is 9.90 Å². The zero-order chi connectivity index (χ0) is 13.3. The van der Waals surface area contributed by atoms with Crippen LogP contribution in [0.15, 0.2) is 24.3 Å². The first-order chi connectivity index (χ1) is 8.42. The minimum absolute atomic E-state index is 0.0215. The van der Waals surface area contributed by atoms with Gasteiger partial charge in [-0.25, -0.2) is 0 Å². The molecule has 0 bridgehead atoms. The second kappa shape index (κ2) is 4.73. The van der Waals surface area contributed by atoms with E-state index in [1.165, 1.54) is 0 Å². The Bertz CT molecular complexity index is 445. The fraction of sp³-hybridized carbons (Fsp3) is 0.533. The lowest BCUT2D eigenvalue weighted by Crippen LogP contribution is -2.25. The summed E-state index contributed by atoms with van der Waals surface area (Å²) in [5.74, 6) is 0.0420. The lowest BCUT2D eigenvalue weighted by Gasteiger charge is -2.19. The van der Waals surface area contributed by atoms with Crippen LogP contribution in [0.3, 0.4) is 0 Å². The Morgan fingerprint density at radius 2 is 2.06 bits per heavy atom. The monoisotopic (exact) mass is 248 g/mol. The number of carbonyl (C=O) groups is 1. The van der Waals surface area contributed by atoms with Crippen molar-refractivity contribution in [2.24, 2.45) is 5.92 Å². The normalized spacial score (nSPS) is 22.7. The van der Waals surface area contributed by atoms with Crippen LogP contribution >= 0.6 is 0 Å². The molecule has 1 aromatic rings. The first-order valence-electron chi connectivity index (χ1n) is 6.34. The first kappa shape index (κ1) is 13.1. The van der Waals surface area contributed by atoms with E-state index < -0.39 is 5.60 Å². The quantitative estimate of drug-likeness (QED) is 0.836. The number of aliphatic hydroxyl groups excluding tert-OH is 1. The lowest BCUT2D eigenvalue weighted by molar-refractivity contribution is -0.156. The Kier molecular flexibility index (Phi) is 3.44. The van der Waals surface area contributed by atoms with Gasteiger partial charge in [0.1, 0.15) is 5.60 Å². The fourth-order valence-electron chi connectivity index (χ4n) is 2.22. The lowest BCUT2D eigenvalue weighted by atomic mass is 10.0. The van der Waals surface area contributed by atoms with Crippen LogP contribution < -0.4 is 0 Å². The SMILES string of the molecule is CC(C)(C)OC(=O)[C@@H]1C[C@H]1c1ccccc1CO. The molecule has 0 saturated heterocycles. The molecule has 0 unspecified atom stereocenters. The molecule has 18 heavy (non-hydrogen) atoms. The highest BCUT2D eigenvalue weighted by Gasteiger charge is 2.46. The second-order valence-corrected chi connectivity index (χ2v) is 5.84. The number of ether oxygens (including phenoxy) is 1. The van der Waals surface area contributed by atoms with Crippen molar-refractivity contribution >= 4 is 5.97 Å². The van der Waals surface area contributed by atoms with Crippen molar-refractivity contribution in [2.75, 3.05) is 0 Å². The molecule has 0 aliphatic heterocycles. The molecule has 1 fully saturated rings. The van der Waals surface area contributed by atoms with Crippen LogP contribution in [0.4, 0.5) is 0 Å². The van der Waals surface area contributed by atoms with Gasteiger partial charge >= 0.3 is 5.97 Å². The summed E-state index contributed by atoms with van der Waals surface area (Å²) in [4.78, 5) is 11.9. The Hall–Kier alpha value is -1.35. The van der Waals surface area contributed by atoms with Crippen LogP contribution in [0.1, 0.15) is 44.2 Å². The van der Waals surface area contributed by atoms with Crippen molar-refractivity contribution in [3.05, 3.63) is 35.4 Å². The van der Waals surface area contributed by atoms with E-state index in [-0.39, 0.29) is 24.4 Å². The maximum absolute atomic E-state index is 11.9. The van der Waals surface area contributed by atoms with E-state index in [1.807, 2.05) is 45.0 Å². The van der Waals surface area contributed by atoms with Gasteiger partial charge in [0, 0.05) is 0 Å². The van der Waals surface area contributed by atoms with E-state index in [0.717, 1.165) is 17.5 Å². The average Bonchev–Trinajstić information content (AvgIpc) is 3.06. The zero-order valence-corrected chi connectivity index (χ0v) is 11.1. The number of aliphatic hydroxyl groups is 1. The van der Waals surface area contributed by atoms with Crippen molar-refractivity contribution in [2.45, 2.75) is 45.3 Å². The third-order valence-electron chi connectivity index (χ3n) is 3.12. The molecule has 1 N–H and O–H groups in total. The number of rotatable bonds is 3. The van der Waals surface area contributed by atoms with Crippen LogP contribution in [0.25, 0.3) is 0 Å². The van der Waals surface area contributed by atoms with Crippen LogP contribution in [-0.2, 0) is 16.1 Å². The molecular weight excluding hydrogens is 228 g/mol. The molecule has 0 heterocycles. The molecule has 1 saturated carbocycles. The van der Waals surface area contributed by atoms with Crippen LogP contribution in [0.2, 0.25) is 0 Å². The Balaban J connectivity index is 2.05. The maximum Gasteiger partial charge on any atom is 0.310 e. The minimum atomic E-state index is -0.430. The number of benzene rings is 1. The summed E-state index contributed by atoms with van der Waals surface area (Å²) in [5.41, 5.74) is 1.56. The van der Waals surface area contributed by atoms with Gasteiger partial charge in [0.2, 0.25) is 0 Å². The predicted octanol–water partition coefficient (Wildman–Crippen LogP) is 2.62. The number of esters is 1. The standard InChI is InChI=1S/C15H20O3/c1-15(2,3)18-14(17)13-8-12(13)11-7-5-4-6-10(11)9-16/h4-7,12-13,16H,8-9H2,1-3H3/t12-,13+/m0/s1. The highest BCUT2D eigenvalue weighted by atomic mass is 16.6. The minimum Gasteiger partial charge on any atom is -0.460 e. The molecule has 0 spiro atoms. The van der Waals surface area contributed by atoms with Gasteiger partial charge in [-0.15, -0.1) is 0 Å². The molecular formula is C15H20O3. The molecule has 98 valence electrons. The number of carbonyl (C=O) groups excluding carboxylic acids is 1. The number of hydrogen-bond donors (Lipinski definition) is 1. The molecule has 3 nitrogen and oxygen atoms in total. The largest absolute Gasteiger partial charge is 0.460 e. The van der Waals surface area contributed by atoms with Gasteiger partial charge in [-0.05, 0) is 44.2 Å². The van der Waals surface area contributed by atoms with E-state index in [0.29, 0.717) is 0 Å². The smallest absolute Gasteiger partial charge is 0.310 e. The topological polar surface area (TPSA) is 46.5 Å². The third-order valence-corrected chi connectivity index (χ3v) is 3.12. The van der Waals surface area contributed by atoms with E-state index in [1.54, 1.807) is 0 Å². The predicted molar refractivity (Wildman–Crippen MR) is 69.1 cm³/mol. The summed E-state index contributed by atoms with van der Waals surface area (Å²) in [5, 5.41) is 9.29. The van der Waals surface area contributed by atoms with Gasteiger partial charge in [-0.2, -0.15) is 0 Å². The summed E-state index contributed by atoms with van der Waals surface area (Å²) >= 11 is 0. The third kappa shape index (κ3) is 2.91. The molecule has 0 radical (unpaired) electrons. The second-order valence-electron chi connectivity index (χ2n) is 5.84. The Morgan fingerprint density at radius 1 is 1.39 bits per heavy atom. The first-order valence-corrected chi connectivity index (χ1v) is 6.34. The van der Waals surface area contributed by atoms with Crippen molar-refractivity contribution in [1.29, 1.82) is 0 Å². The van der Waals surface area contributed by atoms with Gasteiger partial charge < -0.3 is 9.84 Å². The van der Waals surface area contributed by atoms with Crippen LogP contribution in [0.5, 0.6) is 0 Å². The molecule has 3 heteroatoms. The Morgan fingerprint density at radius 3 is 2.67 bits per heavy atom. The van der Waals surface area contributed by atoms with Crippen molar-refractivity contribution in [3.63, 3.8) is 0 Å². The van der Waals surface area contributed by atoms with Crippen molar-refractivity contribution in [1.82, 2.24) is 0 Å². The molecule has 2 atom stereocenters. The summed E-state index contributed by atoms with van der Waals surface area (Å²) in [6, 6.07) is 7.74. The van der Waals surface area contributed by atoms with Gasteiger partial charge in [0.05, 0.1) is 12.5 Å². The maximum atomic E-state index is 11.9. The van der Waals surface area contributed by atoms with Crippen LogP contribution in [-0.4, -0.2) is 16.7 Å². The molecule has 0 aromatic heterocycles. The highest BCUT2D eigenvalue weighted by Crippen LogP contribution is 2.49. The Labute approximate surface area is 108 Å². The molecule has 1 aliphatic rings.